The van der Waals surface area contributed by atoms with Crippen LogP contribution in [0.15, 0.2) is 38.7 Å². The van der Waals surface area contributed by atoms with Gasteiger partial charge < -0.3 is 10.2 Å². The van der Waals surface area contributed by atoms with E-state index < -0.39 is 0 Å². The van der Waals surface area contributed by atoms with Crippen molar-refractivity contribution in [2.75, 3.05) is 13.6 Å². The lowest BCUT2D eigenvalue weighted by atomic mass is 10.2. The maximum Gasteiger partial charge on any atom is 0.136 e. The van der Waals surface area contributed by atoms with Crippen molar-refractivity contribution in [3.8, 4) is 0 Å². The van der Waals surface area contributed by atoms with Crippen LogP contribution in [0.4, 0.5) is 0 Å². The predicted octanol–water partition coefficient (Wildman–Crippen LogP) is 3.24. The molecular formula is C12H15BrN2OS. The quantitative estimate of drug-likeness (QED) is 0.921. The molecular weight excluding hydrogens is 300 g/mol. The van der Waals surface area contributed by atoms with Crippen molar-refractivity contribution in [1.82, 2.24) is 4.90 Å². The molecule has 92 valence electrons. The van der Waals surface area contributed by atoms with E-state index in [0.717, 1.165) is 16.8 Å². The maximum absolute atomic E-state index is 5.84. The first-order chi connectivity index (χ1) is 8.22. The fraction of sp³-hybridized carbons (Fsp3) is 0.333. The highest BCUT2D eigenvalue weighted by molar-refractivity contribution is 9.10. The van der Waals surface area contributed by atoms with Crippen LogP contribution in [0.25, 0.3) is 0 Å². The number of hydrogen-bond donors (Lipinski definition) is 1. The van der Waals surface area contributed by atoms with E-state index in [0.29, 0.717) is 6.54 Å². The molecule has 0 amide bonds. The Hall–Kier alpha value is -0.620. The number of likely N-dealkylation sites (N-methyl/N-ethyl adjacent to an activating group) is 1. The molecule has 0 aromatic carbocycles. The lowest BCUT2D eigenvalue weighted by Crippen LogP contribution is -2.29. The lowest BCUT2D eigenvalue weighted by Gasteiger charge is -2.25. The van der Waals surface area contributed by atoms with Crippen LogP contribution >= 0.6 is 27.3 Å². The Balaban J connectivity index is 2.11. The van der Waals surface area contributed by atoms with Gasteiger partial charge in [-0.25, -0.2) is 0 Å². The molecule has 0 aliphatic heterocycles. The van der Waals surface area contributed by atoms with Crippen LogP contribution < -0.4 is 5.73 Å². The van der Waals surface area contributed by atoms with Crippen LogP contribution in [0.5, 0.6) is 0 Å². The fourth-order valence-corrected chi connectivity index (χ4v) is 3.02. The Kier molecular flexibility index (Phi) is 4.39. The third-order valence-electron chi connectivity index (χ3n) is 2.69. The first-order valence-corrected chi connectivity index (χ1v) is 7.05. The number of rotatable bonds is 5. The van der Waals surface area contributed by atoms with Gasteiger partial charge in [0.05, 0.1) is 16.8 Å². The largest absolute Gasteiger partial charge is 0.466 e. The van der Waals surface area contributed by atoms with Gasteiger partial charge in [-0.1, -0.05) is 6.07 Å². The number of nitrogens with two attached hydrogens (primary N) is 1. The summed E-state index contributed by atoms with van der Waals surface area (Å²) in [5.74, 6) is 0.895. The molecule has 3 nitrogen and oxygen atoms in total. The van der Waals surface area contributed by atoms with Gasteiger partial charge in [0.2, 0.25) is 0 Å². The second-order valence-corrected chi connectivity index (χ2v) is 5.77. The van der Waals surface area contributed by atoms with E-state index in [4.69, 9.17) is 10.2 Å². The summed E-state index contributed by atoms with van der Waals surface area (Å²) < 4.78 is 6.47. The van der Waals surface area contributed by atoms with E-state index in [9.17, 15) is 0 Å². The van der Waals surface area contributed by atoms with Gasteiger partial charge >= 0.3 is 0 Å². The molecule has 2 N–H and O–H groups in total. The number of furan rings is 1. The summed E-state index contributed by atoms with van der Waals surface area (Å²) in [4.78, 5) is 3.53. The summed E-state index contributed by atoms with van der Waals surface area (Å²) in [6.07, 6.45) is 1.68. The summed E-state index contributed by atoms with van der Waals surface area (Å²) in [7, 11) is 2.06. The highest BCUT2D eigenvalue weighted by Gasteiger charge is 2.21. The number of thiophene rings is 1. The van der Waals surface area contributed by atoms with E-state index >= 15 is 0 Å². The Morgan fingerprint density at radius 2 is 2.35 bits per heavy atom. The number of halogens is 1. The molecule has 0 aliphatic carbocycles. The van der Waals surface area contributed by atoms with Gasteiger partial charge in [-0.2, -0.15) is 0 Å². The SMILES string of the molecule is CN(Cc1cccs1)C(CN)c1occc1Br. The van der Waals surface area contributed by atoms with Crippen LogP contribution in [-0.4, -0.2) is 18.5 Å². The van der Waals surface area contributed by atoms with Gasteiger partial charge in [0.25, 0.3) is 0 Å². The van der Waals surface area contributed by atoms with Gasteiger partial charge in [-0.05, 0) is 40.5 Å². The summed E-state index contributed by atoms with van der Waals surface area (Å²) in [6.45, 7) is 1.42. The molecule has 0 fully saturated rings. The molecule has 17 heavy (non-hydrogen) atoms. The average Bonchev–Trinajstić information content (AvgIpc) is 2.92. The van der Waals surface area contributed by atoms with E-state index in [1.807, 2.05) is 6.07 Å². The molecule has 0 spiro atoms. The van der Waals surface area contributed by atoms with E-state index in [1.165, 1.54) is 4.88 Å². The molecule has 2 aromatic rings. The van der Waals surface area contributed by atoms with Crippen LogP contribution in [0.1, 0.15) is 16.7 Å². The molecule has 0 bridgehead atoms. The highest BCUT2D eigenvalue weighted by atomic mass is 79.9. The van der Waals surface area contributed by atoms with E-state index in [1.54, 1.807) is 17.6 Å². The number of nitrogens with zero attached hydrogens (tertiary/aromatic N) is 1. The minimum absolute atomic E-state index is 0.0986. The van der Waals surface area contributed by atoms with Crippen LogP contribution in [0.2, 0.25) is 0 Å². The molecule has 2 rings (SSSR count). The second kappa shape index (κ2) is 5.82. The summed E-state index contributed by atoms with van der Waals surface area (Å²) >= 11 is 5.24. The zero-order valence-electron chi connectivity index (χ0n) is 9.60. The van der Waals surface area contributed by atoms with Crippen molar-refractivity contribution in [3.05, 3.63) is 45.0 Å². The minimum Gasteiger partial charge on any atom is -0.466 e. The standard InChI is InChI=1S/C12H15BrN2OS/c1-15(8-9-3-2-6-17-9)11(7-14)12-10(13)4-5-16-12/h2-6,11H,7-8,14H2,1H3. The van der Waals surface area contributed by atoms with Gasteiger partial charge in [-0.15, -0.1) is 11.3 Å². The molecule has 1 atom stereocenters. The van der Waals surface area contributed by atoms with Crippen molar-refractivity contribution >= 4 is 27.3 Å². The van der Waals surface area contributed by atoms with Crippen molar-refractivity contribution in [3.63, 3.8) is 0 Å². The molecule has 0 saturated heterocycles. The summed E-state index contributed by atoms with van der Waals surface area (Å²) in [5.41, 5.74) is 5.84. The van der Waals surface area contributed by atoms with Crippen LogP contribution in [-0.2, 0) is 6.54 Å². The molecule has 2 heterocycles. The first-order valence-electron chi connectivity index (χ1n) is 5.38. The summed E-state index contributed by atoms with van der Waals surface area (Å²) in [6, 6.07) is 6.19. The normalized spacial score (nSPS) is 13.2. The third kappa shape index (κ3) is 2.98. The molecule has 0 saturated carbocycles. The van der Waals surface area contributed by atoms with Crippen molar-refractivity contribution in [1.29, 1.82) is 0 Å². The Bertz CT molecular complexity index is 455. The smallest absolute Gasteiger partial charge is 0.136 e. The fourth-order valence-electron chi connectivity index (χ4n) is 1.79. The molecule has 2 aromatic heterocycles. The van der Waals surface area contributed by atoms with Gasteiger partial charge in [0.1, 0.15) is 5.76 Å². The second-order valence-electron chi connectivity index (χ2n) is 3.88. The molecule has 0 aliphatic rings. The van der Waals surface area contributed by atoms with E-state index in [2.05, 4.69) is 45.4 Å². The number of hydrogen-bond acceptors (Lipinski definition) is 4. The van der Waals surface area contributed by atoms with E-state index in [-0.39, 0.29) is 6.04 Å². The van der Waals surface area contributed by atoms with Crippen molar-refractivity contribution in [2.45, 2.75) is 12.6 Å². The van der Waals surface area contributed by atoms with Crippen LogP contribution in [0, 0.1) is 0 Å². The Morgan fingerprint density at radius 3 is 2.88 bits per heavy atom. The van der Waals surface area contributed by atoms with Crippen LogP contribution in [0.3, 0.4) is 0 Å². The lowest BCUT2D eigenvalue weighted by molar-refractivity contribution is 0.213. The minimum atomic E-state index is 0.0986. The average molecular weight is 315 g/mol. The summed E-state index contributed by atoms with van der Waals surface area (Å²) in [5, 5.41) is 2.09. The first kappa shape index (κ1) is 12.8. The highest BCUT2D eigenvalue weighted by Crippen LogP contribution is 2.28. The maximum atomic E-state index is 5.84. The zero-order chi connectivity index (χ0) is 12.3. The van der Waals surface area contributed by atoms with Crippen molar-refractivity contribution in [2.24, 2.45) is 5.73 Å². The molecule has 0 radical (unpaired) electrons. The van der Waals surface area contributed by atoms with Crippen molar-refractivity contribution < 1.29 is 4.42 Å². The third-order valence-corrected chi connectivity index (χ3v) is 4.20. The topological polar surface area (TPSA) is 42.4 Å². The molecule has 5 heteroatoms. The van der Waals surface area contributed by atoms with Gasteiger partial charge in [0, 0.05) is 18.0 Å². The zero-order valence-corrected chi connectivity index (χ0v) is 12.0. The Labute approximate surface area is 113 Å². The Morgan fingerprint density at radius 1 is 1.53 bits per heavy atom. The predicted molar refractivity (Wildman–Crippen MR) is 74.0 cm³/mol. The van der Waals surface area contributed by atoms with Gasteiger partial charge in [-0.3, -0.25) is 4.90 Å². The monoisotopic (exact) mass is 314 g/mol. The molecule has 1 unspecified atom stereocenters. The van der Waals surface area contributed by atoms with Gasteiger partial charge in [0.15, 0.2) is 0 Å².